The Kier molecular flexibility index (Phi) is 3.29. The first kappa shape index (κ1) is 13.9. The number of likely N-dealkylation sites (tertiary alicyclic amines) is 1. The third-order valence-corrected chi connectivity index (χ3v) is 5.99. The van der Waals surface area contributed by atoms with Gasteiger partial charge in [0.05, 0.1) is 11.3 Å². The lowest BCUT2D eigenvalue weighted by Gasteiger charge is -2.42. The summed E-state index contributed by atoms with van der Waals surface area (Å²) in [7, 11) is 0. The highest BCUT2D eigenvalue weighted by molar-refractivity contribution is 7.10. The van der Waals surface area contributed by atoms with Gasteiger partial charge in [0.25, 0.3) is 0 Å². The Morgan fingerprint density at radius 2 is 2.18 bits per heavy atom. The lowest BCUT2D eigenvalue weighted by atomic mass is 9.81. The largest absolute Gasteiger partial charge is 0.340 e. The molecule has 3 heterocycles. The second kappa shape index (κ2) is 5.19. The third kappa shape index (κ3) is 2.08. The number of rotatable bonds is 3. The van der Waals surface area contributed by atoms with Gasteiger partial charge in [-0.1, -0.05) is 24.1 Å². The molecule has 2 fully saturated rings. The van der Waals surface area contributed by atoms with Crippen LogP contribution in [0.2, 0.25) is 0 Å². The molecule has 0 N–H and O–H groups in total. The molecule has 1 aliphatic heterocycles. The average molecular weight is 317 g/mol. The van der Waals surface area contributed by atoms with Crippen molar-refractivity contribution in [3.63, 3.8) is 0 Å². The van der Waals surface area contributed by atoms with Gasteiger partial charge in [0, 0.05) is 18.0 Å². The topological polar surface area (TPSA) is 59.2 Å². The molecule has 0 radical (unpaired) electrons. The molecule has 4 rings (SSSR count). The molecule has 2 aliphatic rings. The van der Waals surface area contributed by atoms with E-state index in [1.165, 1.54) is 4.88 Å². The van der Waals surface area contributed by atoms with E-state index in [-0.39, 0.29) is 11.3 Å². The maximum absolute atomic E-state index is 13.1. The number of hydrogen-bond acceptors (Lipinski definition) is 5. The number of amides is 1. The van der Waals surface area contributed by atoms with Crippen LogP contribution in [-0.2, 0) is 10.2 Å². The number of nitrogens with zero attached hydrogens (tertiary/aromatic N) is 3. The molecule has 6 heteroatoms. The Hall–Kier alpha value is -1.69. The maximum atomic E-state index is 13.1. The number of hydrogen-bond donors (Lipinski definition) is 0. The van der Waals surface area contributed by atoms with Crippen LogP contribution in [0.4, 0.5) is 0 Å². The van der Waals surface area contributed by atoms with Crippen molar-refractivity contribution in [1.82, 2.24) is 15.0 Å². The van der Waals surface area contributed by atoms with Gasteiger partial charge in [-0.05, 0) is 31.2 Å². The zero-order chi connectivity index (χ0) is 15.2. The minimum atomic E-state index is -0.274. The minimum absolute atomic E-state index is 0.201. The van der Waals surface area contributed by atoms with E-state index in [0.29, 0.717) is 30.7 Å². The summed E-state index contributed by atoms with van der Waals surface area (Å²) in [4.78, 5) is 20.6. The summed E-state index contributed by atoms with van der Waals surface area (Å²) in [6, 6.07) is 4.17. The van der Waals surface area contributed by atoms with Crippen LogP contribution in [0.5, 0.6) is 0 Å². The second-order valence-electron chi connectivity index (χ2n) is 6.35. The molecule has 5 nitrogen and oxygen atoms in total. The fraction of sp³-hybridized carbons (Fsp3) is 0.562. The van der Waals surface area contributed by atoms with Gasteiger partial charge in [0.15, 0.2) is 5.82 Å². The molecule has 1 saturated heterocycles. The summed E-state index contributed by atoms with van der Waals surface area (Å²) in [6.07, 6.45) is 4.24. The Balaban J connectivity index is 1.50. The highest BCUT2D eigenvalue weighted by atomic mass is 32.1. The van der Waals surface area contributed by atoms with Crippen molar-refractivity contribution in [1.29, 1.82) is 0 Å². The zero-order valence-electron chi connectivity index (χ0n) is 12.6. The smallest absolute Gasteiger partial charge is 0.234 e. The first-order valence-electron chi connectivity index (χ1n) is 7.83. The van der Waals surface area contributed by atoms with Crippen LogP contribution in [0.25, 0.3) is 0 Å². The number of carbonyl (C=O) groups is 1. The molecule has 0 unspecified atom stereocenters. The van der Waals surface area contributed by atoms with Crippen molar-refractivity contribution in [2.45, 2.75) is 43.9 Å². The van der Waals surface area contributed by atoms with Crippen molar-refractivity contribution >= 4 is 17.2 Å². The van der Waals surface area contributed by atoms with Gasteiger partial charge < -0.3 is 9.42 Å². The van der Waals surface area contributed by atoms with Crippen LogP contribution in [-0.4, -0.2) is 34.0 Å². The van der Waals surface area contributed by atoms with Crippen molar-refractivity contribution < 1.29 is 9.32 Å². The normalized spacial score (nSPS) is 21.0. The highest BCUT2D eigenvalue weighted by Crippen LogP contribution is 2.45. The summed E-state index contributed by atoms with van der Waals surface area (Å²) >= 11 is 1.71. The van der Waals surface area contributed by atoms with Crippen LogP contribution in [0.1, 0.15) is 48.2 Å². The molecule has 2 aromatic rings. The van der Waals surface area contributed by atoms with Gasteiger partial charge in [-0.25, -0.2) is 0 Å². The van der Waals surface area contributed by atoms with E-state index in [0.717, 1.165) is 25.7 Å². The van der Waals surface area contributed by atoms with E-state index < -0.39 is 0 Å². The maximum Gasteiger partial charge on any atom is 0.234 e. The van der Waals surface area contributed by atoms with Crippen molar-refractivity contribution in [3.05, 3.63) is 34.1 Å². The van der Waals surface area contributed by atoms with E-state index in [2.05, 4.69) is 21.6 Å². The predicted molar refractivity (Wildman–Crippen MR) is 82.8 cm³/mol. The fourth-order valence-electron chi connectivity index (χ4n) is 3.68. The lowest BCUT2D eigenvalue weighted by Crippen LogP contribution is -2.55. The first-order chi connectivity index (χ1) is 10.7. The number of aryl methyl sites for hydroxylation is 1. The Bertz CT molecular complexity index is 667. The van der Waals surface area contributed by atoms with E-state index in [1.807, 2.05) is 17.9 Å². The summed E-state index contributed by atoms with van der Waals surface area (Å²) in [5.41, 5.74) is -0.274. The monoisotopic (exact) mass is 317 g/mol. The molecule has 1 amide bonds. The molecule has 1 aliphatic carbocycles. The lowest BCUT2D eigenvalue weighted by molar-refractivity contribution is -0.142. The molecule has 116 valence electrons. The molecular formula is C16H19N3O2S. The number of carbonyl (C=O) groups excluding carboxylic acids is 1. The van der Waals surface area contributed by atoms with Gasteiger partial charge in [-0.3, -0.25) is 4.79 Å². The highest BCUT2D eigenvalue weighted by Gasteiger charge is 2.49. The minimum Gasteiger partial charge on any atom is -0.340 e. The zero-order valence-corrected chi connectivity index (χ0v) is 13.4. The Morgan fingerprint density at radius 3 is 2.77 bits per heavy atom. The van der Waals surface area contributed by atoms with Gasteiger partial charge in [0.2, 0.25) is 11.8 Å². The molecule has 0 aromatic carbocycles. The third-order valence-electron chi connectivity index (χ3n) is 4.92. The van der Waals surface area contributed by atoms with Gasteiger partial charge in [0.1, 0.15) is 0 Å². The van der Waals surface area contributed by atoms with Crippen molar-refractivity contribution in [3.8, 4) is 0 Å². The van der Waals surface area contributed by atoms with Gasteiger partial charge >= 0.3 is 0 Å². The number of aromatic nitrogens is 2. The Morgan fingerprint density at radius 1 is 1.41 bits per heavy atom. The molecule has 2 aromatic heterocycles. The molecule has 1 saturated carbocycles. The summed E-state index contributed by atoms with van der Waals surface area (Å²) in [5, 5.41) is 5.91. The quantitative estimate of drug-likeness (QED) is 0.873. The molecule has 0 atom stereocenters. The van der Waals surface area contributed by atoms with E-state index in [9.17, 15) is 4.79 Å². The van der Waals surface area contributed by atoms with Crippen LogP contribution < -0.4 is 0 Å². The summed E-state index contributed by atoms with van der Waals surface area (Å²) < 4.78 is 5.22. The predicted octanol–water partition coefficient (Wildman–Crippen LogP) is 2.88. The fourth-order valence-corrected chi connectivity index (χ4v) is 4.66. The standard InChI is InChI=1S/C16H19N3O2S/c1-11-17-14(21-18-11)12-9-19(10-12)15(20)16(6-2-3-7-16)13-5-4-8-22-13/h4-5,8,12H,2-3,6-7,9-10H2,1H3. The first-order valence-corrected chi connectivity index (χ1v) is 8.70. The SMILES string of the molecule is Cc1noc(C2CN(C(=O)C3(c4cccs4)CCCC3)C2)n1. The molecule has 0 spiro atoms. The average Bonchev–Trinajstić information content (AvgIpc) is 3.18. The van der Waals surface area contributed by atoms with Crippen LogP contribution >= 0.6 is 11.3 Å². The van der Waals surface area contributed by atoms with E-state index in [1.54, 1.807) is 11.3 Å². The second-order valence-corrected chi connectivity index (χ2v) is 7.30. The molecule has 0 bridgehead atoms. The van der Waals surface area contributed by atoms with E-state index >= 15 is 0 Å². The molecular weight excluding hydrogens is 298 g/mol. The van der Waals surface area contributed by atoms with Crippen LogP contribution in [0.3, 0.4) is 0 Å². The van der Waals surface area contributed by atoms with E-state index in [4.69, 9.17) is 4.52 Å². The summed E-state index contributed by atoms with van der Waals surface area (Å²) in [5.74, 6) is 1.82. The number of thiophene rings is 1. The van der Waals surface area contributed by atoms with Crippen LogP contribution in [0, 0.1) is 6.92 Å². The Labute approximate surface area is 133 Å². The van der Waals surface area contributed by atoms with Crippen molar-refractivity contribution in [2.24, 2.45) is 0 Å². The van der Waals surface area contributed by atoms with Crippen LogP contribution in [0.15, 0.2) is 22.0 Å². The summed E-state index contributed by atoms with van der Waals surface area (Å²) in [6.45, 7) is 3.22. The molecule has 22 heavy (non-hydrogen) atoms. The van der Waals surface area contributed by atoms with Crippen molar-refractivity contribution in [2.75, 3.05) is 13.1 Å². The van der Waals surface area contributed by atoms with Gasteiger partial charge in [-0.15, -0.1) is 11.3 Å². The van der Waals surface area contributed by atoms with Gasteiger partial charge in [-0.2, -0.15) is 4.98 Å².